The van der Waals surface area contributed by atoms with Crippen molar-refractivity contribution in [1.29, 1.82) is 0 Å². The second-order valence-corrected chi connectivity index (χ2v) is 9.87. The number of nitrogens with one attached hydrogen (secondary N) is 3. The molecule has 0 bridgehead atoms. The third-order valence-corrected chi connectivity index (χ3v) is 6.86. The van der Waals surface area contributed by atoms with Crippen LogP contribution in [-0.4, -0.2) is 102 Å². The van der Waals surface area contributed by atoms with Gasteiger partial charge in [0, 0.05) is 42.5 Å². The Morgan fingerprint density at radius 1 is 1.05 bits per heavy atom. The van der Waals surface area contributed by atoms with Crippen LogP contribution in [0.1, 0.15) is 13.3 Å². The zero-order valence-corrected chi connectivity index (χ0v) is 23.9. The monoisotopic (exact) mass is 592 g/mol. The molecule has 1 amide bonds. The molecule has 13 heteroatoms. The molecule has 1 aliphatic rings. The van der Waals surface area contributed by atoms with E-state index in [2.05, 4.69) is 26.1 Å². The summed E-state index contributed by atoms with van der Waals surface area (Å²) in [5.41, 5.74) is 1.59. The van der Waals surface area contributed by atoms with Crippen LogP contribution in [0.25, 0.3) is 10.8 Å². The summed E-state index contributed by atoms with van der Waals surface area (Å²) in [6.07, 6.45) is -2.63. The zero-order valence-electron chi connectivity index (χ0n) is 22.2. The van der Waals surface area contributed by atoms with Gasteiger partial charge in [0.25, 0.3) is 0 Å². The number of fused-ring (bicyclic) bond motifs is 1. The van der Waals surface area contributed by atoms with Crippen LogP contribution < -0.4 is 16.0 Å². The average Bonchev–Trinajstić information content (AvgIpc) is 2.94. The molecule has 3 rings (SSSR count). The van der Waals surface area contributed by atoms with Crippen molar-refractivity contribution in [1.82, 2.24) is 10.6 Å². The molecule has 6 N–H and O–H groups in total. The summed E-state index contributed by atoms with van der Waals surface area (Å²) in [6.45, 7) is 3.21. The van der Waals surface area contributed by atoms with E-state index in [-0.39, 0.29) is 25.7 Å². The first-order chi connectivity index (χ1) is 19.3. The van der Waals surface area contributed by atoms with Crippen molar-refractivity contribution in [3.63, 3.8) is 0 Å². The van der Waals surface area contributed by atoms with Crippen molar-refractivity contribution in [3.8, 4) is 0 Å². The van der Waals surface area contributed by atoms with E-state index in [0.717, 1.165) is 22.1 Å². The molecular formula is C27H36N4O7S2. The minimum absolute atomic E-state index is 0.219. The molecule has 1 aliphatic carbocycles. The van der Waals surface area contributed by atoms with Gasteiger partial charge in [0.1, 0.15) is 6.10 Å². The van der Waals surface area contributed by atoms with Crippen LogP contribution in [0, 0.1) is 5.92 Å². The van der Waals surface area contributed by atoms with Gasteiger partial charge in [-0.1, -0.05) is 24.3 Å². The molecular weight excluding hydrogens is 556 g/mol. The van der Waals surface area contributed by atoms with Gasteiger partial charge in [0.2, 0.25) is 5.91 Å². The van der Waals surface area contributed by atoms with Gasteiger partial charge in [-0.25, -0.2) is 0 Å². The van der Waals surface area contributed by atoms with Crippen LogP contribution in [0.15, 0.2) is 41.4 Å². The third-order valence-electron chi connectivity index (χ3n) is 6.52. The SMILES string of the molecule is CC(=O)N[C@@H]1C(OCCOCCOCCNC(=S)Nc2ccc(N=C=S)c3ccccc23)CC(CO)[C@H](O)[C@@H]1O. The minimum Gasteiger partial charge on any atom is -0.396 e. The van der Waals surface area contributed by atoms with Gasteiger partial charge in [-0.05, 0) is 43.0 Å². The third kappa shape index (κ3) is 9.23. The Morgan fingerprint density at radius 2 is 1.75 bits per heavy atom. The quantitative estimate of drug-likeness (QED) is 0.108. The Bertz CT molecular complexity index is 1180. The second-order valence-electron chi connectivity index (χ2n) is 9.28. The Morgan fingerprint density at radius 3 is 2.45 bits per heavy atom. The first-order valence-electron chi connectivity index (χ1n) is 13.0. The predicted molar refractivity (Wildman–Crippen MR) is 159 cm³/mol. The van der Waals surface area contributed by atoms with Gasteiger partial charge in [-0.2, -0.15) is 4.99 Å². The molecule has 1 fully saturated rings. The lowest BCUT2D eigenvalue weighted by Gasteiger charge is -2.42. The molecule has 2 aromatic rings. The van der Waals surface area contributed by atoms with Crippen molar-refractivity contribution < 1.29 is 34.3 Å². The molecule has 0 heterocycles. The van der Waals surface area contributed by atoms with Gasteiger partial charge in [-0.15, -0.1) is 0 Å². The summed E-state index contributed by atoms with van der Waals surface area (Å²) >= 11 is 10.1. The second kappa shape index (κ2) is 16.6. The summed E-state index contributed by atoms with van der Waals surface area (Å²) in [6, 6.07) is 10.8. The number of nitrogens with zero attached hydrogens (tertiary/aromatic N) is 1. The standard InChI is InChI=1S/C27H36N4O7S2/c1-17(33)30-24-23(14-18(15-32)25(34)26(24)35)38-13-12-37-11-10-36-9-8-28-27(40)31-22-7-6-21(29-16-39)19-4-2-3-5-20(19)22/h2-7,18,23-26,32,34-35H,8-15H2,1H3,(H,30,33)(H2,28,31,40)/t18?,23?,24-,25+,26-/m1/s1. The van der Waals surface area contributed by atoms with Crippen LogP contribution in [0.2, 0.25) is 0 Å². The Hall–Kier alpha value is -2.58. The van der Waals surface area contributed by atoms with E-state index in [1.54, 1.807) is 0 Å². The summed E-state index contributed by atoms with van der Waals surface area (Å²) < 4.78 is 16.9. The lowest BCUT2D eigenvalue weighted by molar-refractivity contribution is -0.145. The van der Waals surface area contributed by atoms with E-state index < -0.39 is 30.3 Å². The van der Waals surface area contributed by atoms with Crippen LogP contribution in [0.4, 0.5) is 11.4 Å². The van der Waals surface area contributed by atoms with Crippen molar-refractivity contribution >= 4 is 62.8 Å². The molecule has 0 aromatic heterocycles. The Balaban J connectivity index is 1.29. The van der Waals surface area contributed by atoms with Gasteiger partial charge < -0.3 is 45.5 Å². The smallest absolute Gasteiger partial charge is 0.217 e. The highest BCUT2D eigenvalue weighted by atomic mass is 32.1. The van der Waals surface area contributed by atoms with Crippen LogP contribution in [0.5, 0.6) is 0 Å². The van der Waals surface area contributed by atoms with Crippen molar-refractivity contribution in [2.24, 2.45) is 10.9 Å². The number of carbonyl (C=O) groups is 1. The fraction of sp³-hybridized carbons (Fsp3) is 0.519. The molecule has 1 saturated carbocycles. The van der Waals surface area contributed by atoms with E-state index in [1.165, 1.54) is 6.92 Å². The fourth-order valence-electron chi connectivity index (χ4n) is 4.59. The molecule has 2 aromatic carbocycles. The summed E-state index contributed by atoms with van der Waals surface area (Å²) in [4.78, 5) is 15.6. The Kier molecular flexibility index (Phi) is 13.3. The first kappa shape index (κ1) is 31.9. The van der Waals surface area contributed by atoms with Crippen molar-refractivity contribution in [2.45, 2.75) is 37.7 Å². The van der Waals surface area contributed by atoms with E-state index >= 15 is 0 Å². The lowest BCUT2D eigenvalue weighted by atomic mass is 9.79. The maximum Gasteiger partial charge on any atom is 0.217 e. The largest absolute Gasteiger partial charge is 0.396 e. The van der Waals surface area contributed by atoms with Crippen LogP contribution in [0.3, 0.4) is 0 Å². The van der Waals surface area contributed by atoms with Crippen LogP contribution in [-0.2, 0) is 19.0 Å². The van der Waals surface area contributed by atoms with Crippen molar-refractivity contribution in [3.05, 3.63) is 36.4 Å². The number of anilines is 1. The number of ether oxygens (including phenoxy) is 3. The number of carbonyl (C=O) groups excluding carboxylic acids is 1. The molecule has 0 aliphatic heterocycles. The van der Waals surface area contributed by atoms with Crippen LogP contribution >= 0.6 is 24.4 Å². The molecule has 0 spiro atoms. The number of rotatable bonds is 14. The number of aliphatic imine (C=N–C) groups is 1. The number of hydrogen-bond donors (Lipinski definition) is 6. The summed E-state index contributed by atoms with van der Waals surface area (Å²) in [7, 11) is 0. The lowest BCUT2D eigenvalue weighted by Crippen LogP contribution is -2.61. The minimum atomic E-state index is -1.23. The maximum atomic E-state index is 11.5. The fourth-order valence-corrected chi connectivity index (χ4v) is 4.90. The number of isothiocyanates is 1. The molecule has 0 radical (unpaired) electrons. The highest BCUT2D eigenvalue weighted by Gasteiger charge is 2.44. The highest BCUT2D eigenvalue weighted by molar-refractivity contribution is 7.80. The van der Waals surface area contributed by atoms with E-state index in [0.29, 0.717) is 37.9 Å². The van der Waals surface area contributed by atoms with E-state index in [9.17, 15) is 20.1 Å². The van der Waals surface area contributed by atoms with E-state index in [1.807, 2.05) is 36.4 Å². The van der Waals surface area contributed by atoms with Gasteiger partial charge in [0.15, 0.2) is 5.11 Å². The van der Waals surface area contributed by atoms with Gasteiger partial charge >= 0.3 is 0 Å². The Labute approximate surface area is 243 Å². The number of aliphatic hydroxyl groups excluding tert-OH is 3. The first-order valence-corrected chi connectivity index (χ1v) is 13.8. The summed E-state index contributed by atoms with van der Waals surface area (Å²) in [5.74, 6) is -0.876. The van der Waals surface area contributed by atoms with Gasteiger partial charge in [0.05, 0.1) is 62.1 Å². The maximum absolute atomic E-state index is 11.5. The molecule has 11 nitrogen and oxygen atoms in total. The number of aliphatic hydroxyl groups is 3. The zero-order chi connectivity index (χ0) is 28.9. The number of benzene rings is 2. The van der Waals surface area contributed by atoms with E-state index in [4.69, 9.17) is 38.6 Å². The molecule has 5 atom stereocenters. The molecule has 218 valence electrons. The topological polar surface area (TPSA) is 154 Å². The summed E-state index contributed by atoms with van der Waals surface area (Å²) in [5, 5.41) is 43.7. The predicted octanol–water partition coefficient (Wildman–Crippen LogP) is 1.52. The molecule has 0 saturated heterocycles. The molecule has 40 heavy (non-hydrogen) atoms. The average molecular weight is 593 g/mol. The number of amides is 1. The van der Waals surface area contributed by atoms with Crippen molar-refractivity contribution in [2.75, 3.05) is 51.5 Å². The molecule has 2 unspecified atom stereocenters. The number of thiocarbonyl (C=S) groups is 2. The normalized spacial score (nSPS) is 22.4. The number of hydrogen-bond acceptors (Lipinski definition) is 10. The van der Waals surface area contributed by atoms with Gasteiger partial charge in [-0.3, -0.25) is 4.79 Å². The highest BCUT2D eigenvalue weighted by Crippen LogP contribution is 2.31.